The Labute approximate surface area is 159 Å². The van der Waals surface area contributed by atoms with Crippen LogP contribution in [0.4, 0.5) is 0 Å². The summed E-state index contributed by atoms with van der Waals surface area (Å²) in [4.78, 5) is 12.6. The van der Waals surface area contributed by atoms with E-state index >= 15 is 0 Å². The molecule has 2 heteroatoms. The predicted molar refractivity (Wildman–Crippen MR) is 110 cm³/mol. The average molecular weight is 352 g/mol. The van der Waals surface area contributed by atoms with Crippen molar-refractivity contribution in [2.24, 2.45) is 0 Å². The smallest absolute Gasteiger partial charge is 0.193 e. The van der Waals surface area contributed by atoms with Gasteiger partial charge in [-0.1, -0.05) is 59.7 Å². The zero-order chi connectivity index (χ0) is 18.8. The molecule has 0 spiro atoms. The minimum Gasteiger partial charge on any atom is -0.457 e. The number of aryl methyl sites for hydroxylation is 2. The third kappa shape index (κ3) is 3.75. The molecule has 0 aliphatic rings. The highest BCUT2D eigenvalue weighted by Crippen LogP contribution is 2.27. The lowest BCUT2D eigenvalue weighted by molar-refractivity contribution is 0.103. The van der Waals surface area contributed by atoms with E-state index in [4.69, 9.17) is 4.74 Å². The summed E-state index contributed by atoms with van der Waals surface area (Å²) in [6.45, 7) is 4.09. The van der Waals surface area contributed by atoms with Crippen LogP contribution in [-0.4, -0.2) is 5.78 Å². The average Bonchev–Trinajstić information content (AvgIpc) is 2.69. The molecule has 4 aromatic rings. The Morgan fingerprint density at radius 2 is 1.11 bits per heavy atom. The largest absolute Gasteiger partial charge is 0.457 e. The molecule has 0 aromatic heterocycles. The Balaban J connectivity index is 1.53. The number of carbonyl (C=O) groups excluding carboxylic acids is 1. The number of hydrogen-bond acceptors (Lipinski definition) is 2. The molecule has 0 fully saturated rings. The van der Waals surface area contributed by atoms with Crippen LogP contribution in [0.1, 0.15) is 27.0 Å². The summed E-state index contributed by atoms with van der Waals surface area (Å²) in [6, 6.07) is 27.3. The second-order valence-corrected chi connectivity index (χ2v) is 6.83. The van der Waals surface area contributed by atoms with Gasteiger partial charge in [0.1, 0.15) is 11.5 Å². The number of benzene rings is 4. The summed E-state index contributed by atoms with van der Waals surface area (Å²) in [5, 5.41) is 2.34. The van der Waals surface area contributed by atoms with Gasteiger partial charge >= 0.3 is 0 Å². The summed E-state index contributed by atoms with van der Waals surface area (Å²) in [7, 11) is 0. The molecule has 4 rings (SSSR count). The van der Waals surface area contributed by atoms with Crippen molar-refractivity contribution < 1.29 is 9.53 Å². The van der Waals surface area contributed by atoms with Gasteiger partial charge in [0.15, 0.2) is 5.78 Å². The molecular weight excluding hydrogens is 332 g/mol. The zero-order valence-electron chi connectivity index (χ0n) is 15.4. The number of rotatable bonds is 4. The first kappa shape index (κ1) is 17.0. The fraction of sp³-hybridized carbons (Fsp3) is 0.0800. The summed E-state index contributed by atoms with van der Waals surface area (Å²) in [5.41, 5.74) is 3.73. The van der Waals surface area contributed by atoms with Gasteiger partial charge in [0.25, 0.3) is 0 Å². The van der Waals surface area contributed by atoms with E-state index < -0.39 is 0 Å². The standard InChI is InChI=1S/C25H20O2/c1-17-3-6-19(7-4-17)25(26)20-9-12-23(13-10-20)27-24-14-11-21-15-18(2)5-8-22(21)16-24/h3-16H,1-2H3. The van der Waals surface area contributed by atoms with Gasteiger partial charge in [0, 0.05) is 11.1 Å². The SMILES string of the molecule is Cc1ccc(C(=O)c2ccc(Oc3ccc4cc(C)ccc4c3)cc2)cc1. The van der Waals surface area contributed by atoms with Gasteiger partial charge in [0.2, 0.25) is 0 Å². The van der Waals surface area contributed by atoms with Gasteiger partial charge in [-0.25, -0.2) is 0 Å². The Morgan fingerprint density at radius 3 is 1.81 bits per heavy atom. The summed E-state index contributed by atoms with van der Waals surface area (Å²) in [5.74, 6) is 1.51. The Kier molecular flexibility index (Phi) is 4.47. The van der Waals surface area contributed by atoms with Crippen molar-refractivity contribution in [3.05, 3.63) is 107 Å². The van der Waals surface area contributed by atoms with Gasteiger partial charge in [-0.2, -0.15) is 0 Å². The molecule has 0 bridgehead atoms. The summed E-state index contributed by atoms with van der Waals surface area (Å²) >= 11 is 0. The molecule has 2 nitrogen and oxygen atoms in total. The van der Waals surface area contributed by atoms with Crippen LogP contribution >= 0.6 is 0 Å². The molecule has 0 saturated carbocycles. The highest BCUT2D eigenvalue weighted by atomic mass is 16.5. The first-order valence-electron chi connectivity index (χ1n) is 8.98. The Bertz CT molecular complexity index is 1110. The fourth-order valence-electron chi connectivity index (χ4n) is 3.09. The molecule has 0 N–H and O–H groups in total. The number of ether oxygens (including phenoxy) is 1. The predicted octanol–water partition coefficient (Wildman–Crippen LogP) is 6.48. The molecule has 0 aliphatic heterocycles. The number of hydrogen-bond donors (Lipinski definition) is 0. The van der Waals surface area contributed by atoms with E-state index in [1.165, 1.54) is 10.9 Å². The first-order chi connectivity index (χ1) is 13.1. The molecule has 4 aromatic carbocycles. The van der Waals surface area contributed by atoms with Crippen LogP contribution < -0.4 is 4.74 Å². The number of ketones is 1. The minimum absolute atomic E-state index is 0.0163. The van der Waals surface area contributed by atoms with E-state index in [0.29, 0.717) is 16.9 Å². The van der Waals surface area contributed by atoms with Crippen LogP contribution in [0.25, 0.3) is 10.8 Å². The van der Waals surface area contributed by atoms with Crippen molar-refractivity contribution in [3.63, 3.8) is 0 Å². The van der Waals surface area contributed by atoms with E-state index in [1.54, 1.807) is 0 Å². The topological polar surface area (TPSA) is 26.3 Å². The molecule has 0 heterocycles. The zero-order valence-corrected chi connectivity index (χ0v) is 15.4. The second kappa shape index (κ2) is 7.08. The Morgan fingerprint density at radius 1 is 0.593 bits per heavy atom. The fourth-order valence-corrected chi connectivity index (χ4v) is 3.09. The van der Waals surface area contributed by atoms with Gasteiger partial charge in [-0.3, -0.25) is 4.79 Å². The van der Waals surface area contributed by atoms with Crippen molar-refractivity contribution in [2.75, 3.05) is 0 Å². The van der Waals surface area contributed by atoms with Crippen LogP contribution in [0.15, 0.2) is 84.9 Å². The molecule has 132 valence electrons. The number of fused-ring (bicyclic) bond motifs is 1. The lowest BCUT2D eigenvalue weighted by atomic mass is 10.0. The van der Waals surface area contributed by atoms with Gasteiger partial charge in [-0.05, 0) is 61.0 Å². The normalized spacial score (nSPS) is 10.7. The first-order valence-corrected chi connectivity index (χ1v) is 8.98. The molecule has 27 heavy (non-hydrogen) atoms. The van der Waals surface area contributed by atoms with Gasteiger partial charge in [-0.15, -0.1) is 0 Å². The van der Waals surface area contributed by atoms with Crippen LogP contribution in [0, 0.1) is 13.8 Å². The van der Waals surface area contributed by atoms with Crippen LogP contribution in [0.2, 0.25) is 0 Å². The highest BCUT2D eigenvalue weighted by Gasteiger charge is 2.09. The highest BCUT2D eigenvalue weighted by molar-refractivity contribution is 6.09. The molecule has 0 unspecified atom stereocenters. The Hall–Kier alpha value is -3.39. The van der Waals surface area contributed by atoms with Crippen molar-refractivity contribution in [1.29, 1.82) is 0 Å². The van der Waals surface area contributed by atoms with E-state index in [0.717, 1.165) is 16.7 Å². The van der Waals surface area contributed by atoms with Crippen LogP contribution in [-0.2, 0) is 0 Å². The molecule has 0 atom stereocenters. The third-order valence-corrected chi connectivity index (χ3v) is 4.63. The van der Waals surface area contributed by atoms with Gasteiger partial charge in [0.05, 0.1) is 0 Å². The lowest BCUT2D eigenvalue weighted by Gasteiger charge is -2.08. The maximum atomic E-state index is 12.6. The van der Waals surface area contributed by atoms with Crippen molar-refractivity contribution >= 4 is 16.6 Å². The molecule has 0 radical (unpaired) electrons. The molecule has 0 aliphatic carbocycles. The van der Waals surface area contributed by atoms with E-state index in [1.807, 2.05) is 67.6 Å². The van der Waals surface area contributed by atoms with Crippen LogP contribution in [0.5, 0.6) is 11.5 Å². The van der Waals surface area contributed by atoms with Crippen molar-refractivity contribution in [2.45, 2.75) is 13.8 Å². The minimum atomic E-state index is 0.0163. The van der Waals surface area contributed by atoms with E-state index in [2.05, 4.69) is 31.2 Å². The maximum Gasteiger partial charge on any atom is 0.193 e. The quantitative estimate of drug-likeness (QED) is 0.393. The van der Waals surface area contributed by atoms with E-state index in [-0.39, 0.29) is 5.78 Å². The summed E-state index contributed by atoms with van der Waals surface area (Å²) in [6.07, 6.45) is 0. The number of carbonyl (C=O) groups is 1. The summed E-state index contributed by atoms with van der Waals surface area (Å²) < 4.78 is 5.96. The van der Waals surface area contributed by atoms with Crippen LogP contribution in [0.3, 0.4) is 0 Å². The van der Waals surface area contributed by atoms with Crippen molar-refractivity contribution in [3.8, 4) is 11.5 Å². The second-order valence-electron chi connectivity index (χ2n) is 6.83. The molecule has 0 saturated heterocycles. The maximum absolute atomic E-state index is 12.6. The lowest BCUT2D eigenvalue weighted by Crippen LogP contribution is -2.00. The monoisotopic (exact) mass is 352 g/mol. The van der Waals surface area contributed by atoms with Crippen molar-refractivity contribution in [1.82, 2.24) is 0 Å². The van der Waals surface area contributed by atoms with Gasteiger partial charge < -0.3 is 4.74 Å². The molecule has 0 amide bonds. The van der Waals surface area contributed by atoms with E-state index in [9.17, 15) is 4.79 Å². The third-order valence-electron chi connectivity index (χ3n) is 4.63. The molecular formula is C25H20O2.